The fraction of sp³-hybridized carbons (Fsp3) is 0.227. The quantitative estimate of drug-likeness (QED) is 0.472. The zero-order chi connectivity index (χ0) is 22.2. The van der Waals surface area contributed by atoms with Crippen molar-refractivity contribution >= 4 is 17.1 Å². The molecular weight excluding hydrogens is 417 g/mol. The molecule has 5 rings (SSSR count). The van der Waals surface area contributed by atoms with Crippen molar-refractivity contribution in [1.29, 1.82) is 0 Å². The average molecular weight is 435 g/mol. The van der Waals surface area contributed by atoms with Gasteiger partial charge in [0.1, 0.15) is 17.7 Å². The number of aromatic nitrogens is 5. The number of benzene rings is 1. The minimum Gasteiger partial charge on any atom is -0.481 e. The van der Waals surface area contributed by atoms with Gasteiger partial charge in [-0.15, -0.1) is 0 Å². The SMILES string of the molecule is COc1ccc2[nH]c(-c3ccc(-c4cnc(OC5CC(C(=O)O)C5)nc4)cc3F)nc2n1. The number of nitrogens with zero attached hydrogens (tertiary/aromatic N) is 4. The molecule has 0 aliphatic heterocycles. The van der Waals surface area contributed by atoms with Crippen molar-refractivity contribution in [2.75, 3.05) is 7.11 Å². The predicted molar refractivity (Wildman–Crippen MR) is 112 cm³/mol. The lowest BCUT2D eigenvalue weighted by atomic mass is 9.82. The number of fused-ring (bicyclic) bond motifs is 1. The molecule has 1 fully saturated rings. The fourth-order valence-corrected chi connectivity index (χ4v) is 3.54. The number of hydrogen-bond acceptors (Lipinski definition) is 7. The Balaban J connectivity index is 1.32. The van der Waals surface area contributed by atoms with Crippen molar-refractivity contribution in [3.05, 3.63) is 48.5 Å². The average Bonchev–Trinajstić information content (AvgIpc) is 3.18. The van der Waals surface area contributed by atoms with Crippen LogP contribution in [0.25, 0.3) is 33.7 Å². The van der Waals surface area contributed by atoms with Crippen LogP contribution in [0.3, 0.4) is 0 Å². The maximum atomic E-state index is 14.9. The summed E-state index contributed by atoms with van der Waals surface area (Å²) in [6.07, 6.45) is 3.77. The van der Waals surface area contributed by atoms with Gasteiger partial charge in [0.05, 0.1) is 24.1 Å². The highest BCUT2D eigenvalue weighted by Crippen LogP contribution is 2.31. The Morgan fingerprint density at radius 3 is 2.59 bits per heavy atom. The minimum atomic E-state index is -0.815. The van der Waals surface area contributed by atoms with Gasteiger partial charge in [-0.05, 0) is 36.6 Å². The van der Waals surface area contributed by atoms with Crippen LogP contribution in [0.1, 0.15) is 12.8 Å². The molecule has 1 saturated carbocycles. The van der Waals surface area contributed by atoms with Gasteiger partial charge in [0.25, 0.3) is 0 Å². The molecule has 4 aromatic rings. The Morgan fingerprint density at radius 1 is 1.12 bits per heavy atom. The van der Waals surface area contributed by atoms with Crippen molar-refractivity contribution in [2.45, 2.75) is 18.9 Å². The number of aliphatic carboxylic acids is 1. The largest absolute Gasteiger partial charge is 0.481 e. The highest BCUT2D eigenvalue weighted by molar-refractivity contribution is 5.77. The number of imidazole rings is 1. The number of pyridine rings is 1. The van der Waals surface area contributed by atoms with Gasteiger partial charge in [-0.1, -0.05) is 6.07 Å². The summed E-state index contributed by atoms with van der Waals surface area (Å²) in [7, 11) is 1.52. The molecular formula is C22H18FN5O4. The van der Waals surface area contributed by atoms with Gasteiger partial charge in [-0.3, -0.25) is 4.79 Å². The lowest BCUT2D eigenvalue weighted by Gasteiger charge is -2.31. The van der Waals surface area contributed by atoms with Crippen LogP contribution in [0, 0.1) is 11.7 Å². The van der Waals surface area contributed by atoms with Crippen LogP contribution in [0.15, 0.2) is 42.7 Å². The maximum absolute atomic E-state index is 14.9. The number of carboxylic acid groups (broad SMARTS) is 1. The number of halogens is 1. The summed E-state index contributed by atoms with van der Waals surface area (Å²) in [5.41, 5.74) is 2.64. The zero-order valence-corrected chi connectivity index (χ0v) is 16.9. The van der Waals surface area contributed by atoms with Gasteiger partial charge in [0.2, 0.25) is 5.88 Å². The molecule has 2 N–H and O–H groups in total. The Bertz CT molecular complexity index is 1300. The van der Waals surface area contributed by atoms with E-state index in [0.29, 0.717) is 52.4 Å². The number of carbonyl (C=O) groups is 1. The van der Waals surface area contributed by atoms with Crippen LogP contribution in [0.4, 0.5) is 4.39 Å². The van der Waals surface area contributed by atoms with Crippen LogP contribution >= 0.6 is 0 Å². The second kappa shape index (κ2) is 7.88. The first kappa shape index (κ1) is 19.9. The molecule has 3 aromatic heterocycles. The van der Waals surface area contributed by atoms with E-state index in [0.717, 1.165) is 0 Å². The lowest BCUT2D eigenvalue weighted by Crippen LogP contribution is -2.38. The summed E-state index contributed by atoms with van der Waals surface area (Å²) in [4.78, 5) is 30.8. The first-order valence-electron chi connectivity index (χ1n) is 9.92. The summed E-state index contributed by atoms with van der Waals surface area (Å²) < 4.78 is 25.6. The van der Waals surface area contributed by atoms with Crippen LogP contribution < -0.4 is 9.47 Å². The fourth-order valence-electron chi connectivity index (χ4n) is 3.54. The molecule has 0 radical (unpaired) electrons. The molecule has 0 saturated heterocycles. The molecule has 10 heteroatoms. The van der Waals surface area contributed by atoms with E-state index in [1.165, 1.54) is 13.2 Å². The maximum Gasteiger partial charge on any atom is 0.316 e. The van der Waals surface area contributed by atoms with Gasteiger partial charge in [-0.25, -0.2) is 19.3 Å². The van der Waals surface area contributed by atoms with Gasteiger partial charge in [-0.2, -0.15) is 4.98 Å². The third-order valence-electron chi connectivity index (χ3n) is 5.43. The molecule has 1 aromatic carbocycles. The molecule has 162 valence electrons. The van der Waals surface area contributed by atoms with Crippen LogP contribution in [-0.2, 0) is 4.79 Å². The highest BCUT2D eigenvalue weighted by Gasteiger charge is 2.36. The van der Waals surface area contributed by atoms with E-state index in [2.05, 4.69) is 24.9 Å². The third-order valence-corrected chi connectivity index (χ3v) is 5.43. The van der Waals surface area contributed by atoms with Gasteiger partial charge in [0, 0.05) is 24.0 Å². The molecule has 0 amide bonds. The number of carboxylic acids is 1. The Kier molecular flexibility index (Phi) is 4.89. The summed E-state index contributed by atoms with van der Waals surface area (Å²) in [5.74, 6) is -0.846. The molecule has 0 bridgehead atoms. The summed E-state index contributed by atoms with van der Waals surface area (Å²) >= 11 is 0. The molecule has 0 atom stereocenters. The molecule has 0 unspecified atom stereocenters. The summed E-state index contributed by atoms with van der Waals surface area (Å²) in [5, 5.41) is 8.92. The normalized spacial score (nSPS) is 17.7. The Labute approximate surface area is 181 Å². The molecule has 0 spiro atoms. The lowest BCUT2D eigenvalue weighted by molar-refractivity contribution is -0.148. The van der Waals surface area contributed by atoms with Crippen molar-refractivity contribution in [3.8, 4) is 34.4 Å². The summed E-state index contributed by atoms with van der Waals surface area (Å²) in [6, 6.07) is 8.42. The van der Waals surface area contributed by atoms with E-state index in [1.807, 2.05) is 0 Å². The van der Waals surface area contributed by atoms with E-state index >= 15 is 0 Å². The standard InChI is InChI=1S/C22H18FN5O4/c1-31-18-5-4-17-20(27-18)28-19(26-17)15-3-2-11(8-16(15)23)13-9-24-22(25-10-13)32-14-6-12(7-14)21(29)30/h2-5,8-10,12,14H,6-7H2,1H3,(H,29,30)(H,26,27,28). The van der Waals surface area contributed by atoms with Crippen LogP contribution in [0.2, 0.25) is 0 Å². The number of nitrogens with one attached hydrogen (secondary N) is 1. The number of aromatic amines is 1. The van der Waals surface area contributed by atoms with Crippen molar-refractivity contribution in [2.24, 2.45) is 5.92 Å². The monoisotopic (exact) mass is 435 g/mol. The van der Waals surface area contributed by atoms with E-state index < -0.39 is 11.8 Å². The van der Waals surface area contributed by atoms with Gasteiger partial charge >= 0.3 is 12.0 Å². The number of ether oxygens (including phenoxy) is 2. The molecule has 32 heavy (non-hydrogen) atoms. The van der Waals surface area contributed by atoms with Crippen LogP contribution in [0.5, 0.6) is 11.9 Å². The molecule has 9 nitrogen and oxygen atoms in total. The Hall–Kier alpha value is -4.08. The number of hydrogen-bond donors (Lipinski definition) is 2. The second-order valence-electron chi connectivity index (χ2n) is 7.51. The van der Waals surface area contributed by atoms with Crippen molar-refractivity contribution in [3.63, 3.8) is 0 Å². The summed E-state index contributed by atoms with van der Waals surface area (Å²) in [6.45, 7) is 0. The van der Waals surface area contributed by atoms with Crippen molar-refractivity contribution < 1.29 is 23.8 Å². The first-order valence-corrected chi connectivity index (χ1v) is 9.92. The van der Waals surface area contributed by atoms with Crippen molar-refractivity contribution in [1.82, 2.24) is 24.9 Å². The van der Waals surface area contributed by atoms with E-state index in [1.54, 1.807) is 36.7 Å². The number of H-pyrrole nitrogens is 1. The van der Waals surface area contributed by atoms with E-state index in [-0.39, 0.29) is 18.0 Å². The van der Waals surface area contributed by atoms with Crippen LogP contribution in [-0.4, -0.2) is 49.2 Å². The molecule has 1 aliphatic rings. The number of rotatable bonds is 6. The second-order valence-corrected chi connectivity index (χ2v) is 7.51. The van der Waals surface area contributed by atoms with E-state index in [4.69, 9.17) is 14.6 Å². The first-order chi connectivity index (χ1) is 15.5. The topological polar surface area (TPSA) is 123 Å². The molecule has 1 aliphatic carbocycles. The van der Waals surface area contributed by atoms with Gasteiger partial charge in [0.15, 0.2) is 5.65 Å². The Morgan fingerprint density at radius 2 is 1.91 bits per heavy atom. The minimum absolute atomic E-state index is 0.171. The molecule has 3 heterocycles. The third kappa shape index (κ3) is 3.70. The predicted octanol–water partition coefficient (Wildman–Crippen LogP) is 3.47. The smallest absolute Gasteiger partial charge is 0.316 e. The van der Waals surface area contributed by atoms with E-state index in [9.17, 15) is 9.18 Å². The highest BCUT2D eigenvalue weighted by atomic mass is 19.1. The van der Waals surface area contributed by atoms with Gasteiger partial charge < -0.3 is 19.6 Å². The number of methoxy groups -OCH3 is 1. The zero-order valence-electron chi connectivity index (χ0n) is 16.9.